The van der Waals surface area contributed by atoms with Gasteiger partial charge in [0.15, 0.2) is 0 Å². The number of hydrogen-bond acceptors (Lipinski definition) is 10. The molecule has 6 aromatic rings. The van der Waals surface area contributed by atoms with Crippen molar-refractivity contribution in [2.24, 2.45) is 5.73 Å². The molecule has 0 aliphatic carbocycles. The van der Waals surface area contributed by atoms with Crippen molar-refractivity contribution in [3.8, 4) is 22.7 Å². The molecule has 0 saturated heterocycles. The number of fused-ring (bicyclic) bond motifs is 1. The van der Waals surface area contributed by atoms with Gasteiger partial charge in [0.05, 0.1) is 16.9 Å². The quantitative estimate of drug-likeness (QED) is 0.0996. The van der Waals surface area contributed by atoms with E-state index in [4.69, 9.17) is 38.0 Å². The molecule has 0 radical (unpaired) electrons. The molecule has 2 atom stereocenters. The second-order valence-corrected chi connectivity index (χ2v) is 13.0. The number of aliphatic carboxylic acids is 2. The number of aryl methyl sites for hydroxylation is 1. The number of alkyl halides is 3. The molecule has 18 heteroatoms. The largest absolute Gasteiger partial charge is 0.480 e. The molecule has 2 unspecified atom stereocenters. The number of ether oxygens (including phenoxy) is 1. The van der Waals surface area contributed by atoms with Crippen molar-refractivity contribution in [2.45, 2.75) is 31.7 Å². The Labute approximate surface area is 314 Å². The van der Waals surface area contributed by atoms with Gasteiger partial charge in [-0.2, -0.15) is 23.3 Å². The van der Waals surface area contributed by atoms with Crippen molar-refractivity contribution < 1.29 is 42.5 Å². The number of anilines is 1. The van der Waals surface area contributed by atoms with E-state index in [1.54, 1.807) is 73.0 Å². The van der Waals surface area contributed by atoms with Crippen LogP contribution in [0.15, 0.2) is 90.4 Å². The van der Waals surface area contributed by atoms with E-state index in [1.807, 2.05) is 0 Å². The van der Waals surface area contributed by atoms with Gasteiger partial charge in [-0.1, -0.05) is 60.1 Å². The summed E-state index contributed by atoms with van der Waals surface area (Å²) in [6, 6.07) is 20.0. The Hall–Kier alpha value is -6.04. The molecular weight excluding hydrogens is 751 g/mol. The van der Waals surface area contributed by atoms with Crippen LogP contribution in [0.1, 0.15) is 33.3 Å². The molecule has 0 aliphatic rings. The van der Waals surface area contributed by atoms with Crippen LogP contribution in [0.3, 0.4) is 0 Å². The second kappa shape index (κ2) is 16.7. The first kappa shape index (κ1) is 39.2. The molecule has 3 heterocycles. The highest BCUT2D eigenvalue weighted by Crippen LogP contribution is 2.43. The number of benzene rings is 3. The smallest absolute Gasteiger partial charge is 0.429 e. The summed E-state index contributed by atoms with van der Waals surface area (Å²) < 4.78 is 50.8. The minimum Gasteiger partial charge on any atom is -0.480 e. The van der Waals surface area contributed by atoms with Gasteiger partial charge in [-0.15, -0.1) is 11.3 Å². The number of hydrogen-bond donors (Lipinski definition) is 5. The first-order valence-corrected chi connectivity index (χ1v) is 17.1. The summed E-state index contributed by atoms with van der Waals surface area (Å²) in [7, 11) is 0. The Morgan fingerprint density at radius 3 is 2.33 bits per heavy atom. The molecule has 54 heavy (non-hydrogen) atoms. The molecule has 13 nitrogen and oxygen atoms in total. The number of nitrogens with one attached hydrogen (secondary N) is 1. The molecule has 0 fully saturated rings. The zero-order chi connectivity index (χ0) is 39.2. The summed E-state index contributed by atoms with van der Waals surface area (Å²) in [6.07, 6.45) is -5.61. The molecule has 0 spiro atoms. The predicted molar refractivity (Wildman–Crippen MR) is 196 cm³/mol. The van der Waals surface area contributed by atoms with E-state index in [1.165, 1.54) is 29.1 Å². The summed E-state index contributed by atoms with van der Waals surface area (Å²) >= 11 is 7.24. The molecule has 0 aliphatic heterocycles. The Morgan fingerprint density at radius 2 is 1.72 bits per heavy atom. The SMILES string of the molecule is Cc1ccn(-c2cc(Cl)ccc2C(Oc2nc(N)nc3c(-c4ccc(CC(N)C(=O)O)cc4)csc23)C(F)(F)F)n1.O=C(O)CNC(=O)c1ccccc1. The van der Waals surface area contributed by atoms with Gasteiger partial charge in [0.2, 0.25) is 17.9 Å². The Bertz CT molecular complexity index is 2280. The zero-order valence-electron chi connectivity index (χ0n) is 28.1. The molecule has 280 valence electrons. The van der Waals surface area contributed by atoms with Crippen LogP contribution in [0.4, 0.5) is 19.1 Å². The highest BCUT2D eigenvalue weighted by molar-refractivity contribution is 7.18. The number of rotatable bonds is 11. The van der Waals surface area contributed by atoms with Gasteiger partial charge in [-0.05, 0) is 54.8 Å². The Morgan fingerprint density at radius 1 is 1.02 bits per heavy atom. The number of carbonyl (C=O) groups excluding carboxylic acids is 1. The van der Waals surface area contributed by atoms with Crippen molar-refractivity contribution in [1.29, 1.82) is 0 Å². The normalized spacial score (nSPS) is 12.3. The fourth-order valence-electron chi connectivity index (χ4n) is 5.11. The van der Waals surface area contributed by atoms with E-state index >= 15 is 0 Å². The fraction of sp³-hybridized carbons (Fsp3) is 0.167. The number of nitrogens with two attached hydrogens (primary N) is 2. The Balaban J connectivity index is 0.000000365. The van der Waals surface area contributed by atoms with Gasteiger partial charge >= 0.3 is 18.1 Å². The van der Waals surface area contributed by atoms with E-state index in [9.17, 15) is 27.6 Å². The summed E-state index contributed by atoms with van der Waals surface area (Å²) in [4.78, 5) is 40.6. The van der Waals surface area contributed by atoms with Crippen LogP contribution in [0.25, 0.3) is 27.0 Å². The number of nitrogen functional groups attached to an aromatic ring is 1. The first-order chi connectivity index (χ1) is 25.6. The monoisotopic (exact) mass is 781 g/mol. The lowest BCUT2D eigenvalue weighted by molar-refractivity contribution is -0.198. The fourth-order valence-corrected chi connectivity index (χ4v) is 6.22. The second-order valence-electron chi connectivity index (χ2n) is 11.6. The van der Waals surface area contributed by atoms with E-state index < -0.39 is 30.3 Å². The van der Waals surface area contributed by atoms with E-state index in [0.29, 0.717) is 33.5 Å². The van der Waals surface area contributed by atoms with Gasteiger partial charge in [0, 0.05) is 33.3 Å². The number of nitrogens with zero attached hydrogens (tertiary/aromatic N) is 4. The number of thiophene rings is 1. The van der Waals surface area contributed by atoms with Crippen molar-refractivity contribution in [3.63, 3.8) is 0 Å². The third kappa shape index (κ3) is 9.68. The molecule has 3 aromatic carbocycles. The van der Waals surface area contributed by atoms with Crippen LogP contribution in [-0.4, -0.2) is 66.6 Å². The number of carboxylic acid groups (broad SMARTS) is 2. The maximum absolute atomic E-state index is 14.5. The lowest BCUT2D eigenvalue weighted by atomic mass is 10.0. The van der Waals surface area contributed by atoms with Crippen molar-refractivity contribution >= 4 is 56.9 Å². The summed E-state index contributed by atoms with van der Waals surface area (Å²) in [5.74, 6) is -3.13. The summed E-state index contributed by atoms with van der Waals surface area (Å²) in [5, 5.41) is 25.8. The van der Waals surface area contributed by atoms with Crippen LogP contribution in [0, 0.1) is 6.92 Å². The minimum atomic E-state index is -4.84. The molecule has 1 amide bonds. The number of aromatic nitrogens is 4. The first-order valence-electron chi connectivity index (χ1n) is 15.8. The van der Waals surface area contributed by atoms with Crippen LogP contribution in [-0.2, 0) is 16.0 Å². The lowest BCUT2D eigenvalue weighted by Crippen LogP contribution is -2.32. The molecule has 0 bridgehead atoms. The predicted octanol–water partition coefficient (Wildman–Crippen LogP) is 6.23. The lowest BCUT2D eigenvalue weighted by Gasteiger charge is -2.24. The average Bonchev–Trinajstić information content (AvgIpc) is 3.76. The van der Waals surface area contributed by atoms with Crippen molar-refractivity contribution in [3.05, 3.63) is 118 Å². The highest BCUT2D eigenvalue weighted by atomic mass is 35.5. The third-order valence-electron chi connectivity index (χ3n) is 7.65. The minimum absolute atomic E-state index is 0.0979. The van der Waals surface area contributed by atoms with Crippen molar-refractivity contribution in [1.82, 2.24) is 25.1 Å². The van der Waals surface area contributed by atoms with Gasteiger partial charge < -0.3 is 31.7 Å². The number of carboxylic acids is 2. The van der Waals surface area contributed by atoms with E-state index in [-0.39, 0.29) is 51.7 Å². The third-order valence-corrected chi connectivity index (χ3v) is 8.84. The number of halogens is 4. The highest BCUT2D eigenvalue weighted by Gasteiger charge is 2.45. The topological polar surface area (TPSA) is 209 Å². The van der Waals surface area contributed by atoms with Gasteiger partial charge in [0.25, 0.3) is 5.91 Å². The van der Waals surface area contributed by atoms with Gasteiger partial charge in [-0.25, -0.2) is 9.67 Å². The molecule has 6 rings (SSSR count). The molecule has 0 saturated carbocycles. The van der Waals surface area contributed by atoms with E-state index in [2.05, 4.69) is 20.4 Å². The van der Waals surface area contributed by atoms with Crippen LogP contribution < -0.4 is 21.5 Å². The van der Waals surface area contributed by atoms with Gasteiger partial charge in [-0.3, -0.25) is 14.4 Å². The zero-order valence-corrected chi connectivity index (χ0v) is 29.7. The Kier molecular flexibility index (Phi) is 12.1. The molecular formula is C36H31ClF3N7O6S. The maximum atomic E-state index is 14.5. The summed E-state index contributed by atoms with van der Waals surface area (Å²) in [5.41, 5.74) is 14.8. The van der Waals surface area contributed by atoms with Crippen LogP contribution >= 0.6 is 22.9 Å². The average molecular weight is 782 g/mol. The van der Waals surface area contributed by atoms with Gasteiger partial charge in [0.1, 0.15) is 17.3 Å². The van der Waals surface area contributed by atoms with E-state index in [0.717, 1.165) is 11.3 Å². The molecule has 7 N–H and O–H groups in total. The van der Waals surface area contributed by atoms with Crippen LogP contribution in [0.5, 0.6) is 5.88 Å². The standard InChI is InChI=1S/C27H22ClF3N6O3S.C9H9NO3/c1-13-8-9-37(36-13)20-11-16(28)6-7-17(20)23(27(29,30)31)40-24-22-21(34-26(33)35-24)18(12-41-22)15-4-2-14(3-5-15)10-19(32)25(38)39;11-8(12)6-10-9(13)7-4-2-1-3-5-7/h2-9,11-12,19,23H,10,32H2,1H3,(H,38,39)(H2,33,34,35);1-5H,6H2,(H,10,13)(H,11,12). The molecule has 3 aromatic heterocycles. The van der Waals surface area contributed by atoms with Crippen molar-refractivity contribution in [2.75, 3.05) is 12.3 Å². The maximum Gasteiger partial charge on any atom is 0.429 e. The van der Waals surface area contributed by atoms with Crippen LogP contribution in [0.2, 0.25) is 5.02 Å². The number of carbonyl (C=O) groups is 3. The summed E-state index contributed by atoms with van der Waals surface area (Å²) in [6.45, 7) is 1.36. The number of amides is 1.